The van der Waals surface area contributed by atoms with Gasteiger partial charge in [0.15, 0.2) is 0 Å². The van der Waals surface area contributed by atoms with E-state index in [9.17, 15) is 0 Å². The number of allylic oxidation sites excluding steroid dienone is 2. The lowest BCUT2D eigenvalue weighted by molar-refractivity contribution is 1.51. The molecule has 44 valence electrons. The fourth-order valence-electron chi connectivity index (χ4n) is 0.119. The maximum atomic E-state index is 8.05. The average Bonchev–Trinajstić information content (AvgIpc) is 1.84. The van der Waals surface area contributed by atoms with Crippen molar-refractivity contribution in [3.63, 3.8) is 0 Å². The minimum absolute atomic E-state index is 0.0401. The van der Waals surface area contributed by atoms with Crippen LogP contribution < -0.4 is 0 Å². The summed E-state index contributed by atoms with van der Waals surface area (Å²) in [5, 5.41) is 8.20. The Kier molecular flexibility index (Phi) is 4.08. The molecule has 0 fully saturated rings. The van der Waals surface area contributed by atoms with Crippen molar-refractivity contribution in [2.45, 2.75) is 0 Å². The molecule has 4 heteroatoms. The second-order valence-electron chi connectivity index (χ2n) is 0.964. The summed E-state index contributed by atoms with van der Waals surface area (Å²) in [5.74, 6) is 0.0912. The Morgan fingerprint density at radius 1 is 1.50 bits per heavy atom. The maximum absolute atomic E-state index is 8.05. The molecule has 0 atom stereocenters. The highest BCUT2D eigenvalue weighted by atomic mass is 35.5. The Balaban J connectivity index is 4.10. The van der Waals surface area contributed by atoms with Crippen molar-refractivity contribution in [2.75, 3.05) is 5.88 Å². The van der Waals surface area contributed by atoms with Gasteiger partial charge in [-0.2, -0.15) is 5.26 Å². The molecule has 1 nitrogen and oxygen atoms in total. The summed E-state index contributed by atoms with van der Waals surface area (Å²) >= 11 is 15.7. The normalized spacial score (nSPS) is 12.2. The Morgan fingerprint density at radius 2 is 2.00 bits per heavy atom. The van der Waals surface area contributed by atoms with E-state index in [0.29, 0.717) is 0 Å². The molecule has 0 saturated heterocycles. The van der Waals surface area contributed by atoms with Gasteiger partial charge in [0.05, 0.1) is 10.9 Å². The summed E-state index contributed by atoms with van der Waals surface area (Å²) in [6, 6.07) is 1.64. The number of hydrogen-bond donors (Lipinski definition) is 0. The number of rotatable bonds is 1. The molecular formula is C4H2Cl3N. The van der Waals surface area contributed by atoms with Crippen LogP contribution in [0.2, 0.25) is 0 Å². The monoisotopic (exact) mass is 169 g/mol. The average molecular weight is 170 g/mol. The molecule has 8 heavy (non-hydrogen) atoms. The summed E-state index contributed by atoms with van der Waals surface area (Å²) in [7, 11) is 0. The van der Waals surface area contributed by atoms with Gasteiger partial charge in [0.1, 0.15) is 11.1 Å². The predicted octanol–water partition coefficient (Wildman–Crippen LogP) is 2.44. The Bertz CT molecular complexity index is 144. The largest absolute Gasteiger partial charge is 0.191 e. The highest BCUT2D eigenvalue weighted by Crippen LogP contribution is 2.13. The number of nitrogens with zero attached hydrogens (tertiary/aromatic N) is 1. The lowest BCUT2D eigenvalue weighted by Gasteiger charge is -1.85. The van der Waals surface area contributed by atoms with Gasteiger partial charge in [-0.05, 0) is 0 Å². The molecule has 0 aromatic carbocycles. The van der Waals surface area contributed by atoms with Crippen LogP contribution in [0.15, 0.2) is 10.1 Å². The molecule has 0 aromatic heterocycles. The Hall–Kier alpha value is 0.1000. The lowest BCUT2D eigenvalue weighted by atomic mass is 10.5. The van der Waals surface area contributed by atoms with Gasteiger partial charge in [0.2, 0.25) is 0 Å². The molecule has 0 saturated carbocycles. The quantitative estimate of drug-likeness (QED) is 0.438. The van der Waals surface area contributed by atoms with E-state index in [4.69, 9.17) is 40.1 Å². The SMILES string of the molecule is N#CC(Cl)=C(Cl)CCl. The Labute approximate surface area is 62.4 Å². The van der Waals surface area contributed by atoms with E-state index in [1.807, 2.05) is 0 Å². The van der Waals surface area contributed by atoms with Crippen LogP contribution in [-0.4, -0.2) is 5.88 Å². The molecule has 0 rings (SSSR count). The van der Waals surface area contributed by atoms with E-state index in [1.165, 1.54) is 0 Å². The highest BCUT2D eigenvalue weighted by molar-refractivity contribution is 6.43. The summed E-state index contributed by atoms with van der Waals surface area (Å²) < 4.78 is 0. The number of halogens is 3. The molecule has 0 N–H and O–H groups in total. The van der Waals surface area contributed by atoms with Crippen LogP contribution in [0.25, 0.3) is 0 Å². The fourth-order valence-corrected chi connectivity index (χ4v) is 0.430. The molecule has 0 unspecified atom stereocenters. The summed E-state index contributed by atoms with van der Waals surface area (Å²) in [5.41, 5.74) is 0. The first-order valence-electron chi connectivity index (χ1n) is 1.72. The smallest absolute Gasteiger partial charge is 0.133 e. The molecule has 0 aliphatic heterocycles. The van der Waals surface area contributed by atoms with Crippen molar-refractivity contribution in [3.05, 3.63) is 10.1 Å². The van der Waals surface area contributed by atoms with Crippen molar-refractivity contribution in [1.29, 1.82) is 5.26 Å². The highest BCUT2D eigenvalue weighted by Gasteiger charge is 1.95. The maximum Gasteiger partial charge on any atom is 0.133 e. The van der Waals surface area contributed by atoms with Gasteiger partial charge in [-0.25, -0.2) is 0 Å². The molecule has 0 bridgehead atoms. The van der Waals surface area contributed by atoms with E-state index < -0.39 is 0 Å². The van der Waals surface area contributed by atoms with Crippen LogP contribution in [0.3, 0.4) is 0 Å². The van der Waals surface area contributed by atoms with Crippen molar-refractivity contribution in [3.8, 4) is 6.07 Å². The van der Waals surface area contributed by atoms with Gasteiger partial charge in [-0.3, -0.25) is 0 Å². The summed E-state index contributed by atoms with van der Waals surface area (Å²) in [6.45, 7) is 0. The Morgan fingerprint density at radius 3 is 2.12 bits per heavy atom. The molecule has 0 amide bonds. The third-order valence-corrected chi connectivity index (χ3v) is 1.59. The number of hydrogen-bond acceptors (Lipinski definition) is 1. The number of alkyl halides is 1. The van der Waals surface area contributed by atoms with Crippen molar-refractivity contribution >= 4 is 34.8 Å². The van der Waals surface area contributed by atoms with Gasteiger partial charge in [0.25, 0.3) is 0 Å². The third kappa shape index (κ3) is 2.42. The van der Waals surface area contributed by atoms with E-state index in [-0.39, 0.29) is 15.9 Å². The second kappa shape index (κ2) is 4.03. The van der Waals surface area contributed by atoms with E-state index in [1.54, 1.807) is 6.07 Å². The minimum atomic E-state index is -0.0401. The second-order valence-corrected chi connectivity index (χ2v) is 2.07. The molecule has 0 aromatic rings. The molecule has 0 heterocycles. The van der Waals surface area contributed by atoms with Crippen molar-refractivity contribution in [1.82, 2.24) is 0 Å². The zero-order valence-electron chi connectivity index (χ0n) is 3.79. The molecule has 0 aliphatic rings. The first kappa shape index (κ1) is 8.10. The van der Waals surface area contributed by atoms with Gasteiger partial charge >= 0.3 is 0 Å². The van der Waals surface area contributed by atoms with Crippen LogP contribution in [-0.2, 0) is 0 Å². The topological polar surface area (TPSA) is 23.8 Å². The van der Waals surface area contributed by atoms with E-state index >= 15 is 0 Å². The first-order valence-corrected chi connectivity index (χ1v) is 3.01. The van der Waals surface area contributed by atoms with Crippen molar-refractivity contribution in [2.24, 2.45) is 0 Å². The van der Waals surface area contributed by atoms with E-state index in [0.717, 1.165) is 0 Å². The summed E-state index contributed by atoms with van der Waals surface area (Å²) in [4.78, 5) is 0. The first-order chi connectivity index (χ1) is 3.72. The number of nitriles is 1. The van der Waals surface area contributed by atoms with Gasteiger partial charge < -0.3 is 0 Å². The molecule has 0 radical (unpaired) electrons. The van der Waals surface area contributed by atoms with Gasteiger partial charge in [-0.1, -0.05) is 23.2 Å². The zero-order valence-corrected chi connectivity index (χ0v) is 6.06. The van der Waals surface area contributed by atoms with Crippen LogP contribution >= 0.6 is 34.8 Å². The van der Waals surface area contributed by atoms with Gasteiger partial charge in [0, 0.05) is 0 Å². The van der Waals surface area contributed by atoms with Gasteiger partial charge in [-0.15, -0.1) is 11.6 Å². The summed E-state index contributed by atoms with van der Waals surface area (Å²) in [6.07, 6.45) is 0. The third-order valence-electron chi connectivity index (χ3n) is 0.454. The standard InChI is InChI=1S/C4H2Cl3N/c5-1-3(6)4(7)2-8/h1H2. The fraction of sp³-hybridized carbons (Fsp3) is 0.250. The van der Waals surface area contributed by atoms with Crippen LogP contribution in [0.5, 0.6) is 0 Å². The minimum Gasteiger partial charge on any atom is -0.191 e. The van der Waals surface area contributed by atoms with Crippen LogP contribution in [0.4, 0.5) is 0 Å². The van der Waals surface area contributed by atoms with Crippen molar-refractivity contribution < 1.29 is 0 Å². The molecule has 0 aliphatic carbocycles. The molecule has 0 spiro atoms. The van der Waals surface area contributed by atoms with Crippen LogP contribution in [0.1, 0.15) is 0 Å². The lowest BCUT2D eigenvalue weighted by Crippen LogP contribution is -1.74. The molecular weight excluding hydrogens is 168 g/mol. The predicted molar refractivity (Wildman–Crippen MR) is 35.1 cm³/mol. The zero-order chi connectivity index (χ0) is 6.57. The van der Waals surface area contributed by atoms with Crippen LogP contribution in [0, 0.1) is 11.3 Å². The van der Waals surface area contributed by atoms with E-state index in [2.05, 4.69) is 0 Å².